The first-order valence-electron chi connectivity index (χ1n) is 10.3. The van der Waals surface area contributed by atoms with Crippen LogP contribution in [0.1, 0.15) is 39.0 Å². The van der Waals surface area contributed by atoms with E-state index in [1.54, 1.807) is 0 Å². The normalized spacial score (nSPS) is 27.3. The zero-order valence-corrected chi connectivity index (χ0v) is 18.9. The van der Waals surface area contributed by atoms with E-state index in [1.807, 2.05) is 7.05 Å². The Labute approximate surface area is 176 Å². The quantitative estimate of drug-likeness (QED) is 0.346. The van der Waals surface area contributed by atoms with Crippen LogP contribution in [0.3, 0.4) is 0 Å². The summed E-state index contributed by atoms with van der Waals surface area (Å²) in [5.74, 6) is 1.57. The average molecular weight is 479 g/mol. The molecule has 7 heteroatoms. The molecule has 6 nitrogen and oxygen atoms in total. The van der Waals surface area contributed by atoms with Crippen LogP contribution in [-0.2, 0) is 4.74 Å². The molecule has 0 radical (unpaired) electrons. The second-order valence-corrected chi connectivity index (χ2v) is 8.03. The van der Waals surface area contributed by atoms with Crippen LogP contribution in [0.5, 0.6) is 0 Å². The van der Waals surface area contributed by atoms with Gasteiger partial charge in [-0.05, 0) is 25.2 Å². The van der Waals surface area contributed by atoms with Crippen molar-refractivity contribution in [3.8, 4) is 0 Å². The highest BCUT2D eigenvalue weighted by molar-refractivity contribution is 14.0. The largest absolute Gasteiger partial charge is 0.379 e. The van der Waals surface area contributed by atoms with Crippen molar-refractivity contribution in [3.63, 3.8) is 0 Å². The summed E-state index contributed by atoms with van der Waals surface area (Å²) in [6.07, 6.45) is 6.88. The predicted molar refractivity (Wildman–Crippen MR) is 119 cm³/mol. The molecule has 26 heavy (non-hydrogen) atoms. The zero-order valence-electron chi connectivity index (χ0n) is 16.6. The van der Waals surface area contributed by atoms with E-state index in [4.69, 9.17) is 4.74 Å². The summed E-state index contributed by atoms with van der Waals surface area (Å²) in [5.41, 5.74) is 0. The molecule has 3 fully saturated rings. The summed E-state index contributed by atoms with van der Waals surface area (Å²) in [6.45, 7) is 10.7. The van der Waals surface area contributed by atoms with Crippen molar-refractivity contribution >= 4 is 29.9 Å². The molecule has 3 rings (SSSR count). The third-order valence-corrected chi connectivity index (χ3v) is 5.92. The minimum absolute atomic E-state index is 0. The number of halogens is 1. The molecule has 2 N–H and O–H groups in total. The third kappa shape index (κ3) is 6.80. The molecule has 0 aromatic carbocycles. The Bertz CT molecular complexity index is 424. The van der Waals surface area contributed by atoms with E-state index in [0.29, 0.717) is 12.0 Å². The van der Waals surface area contributed by atoms with Gasteiger partial charge in [0.2, 0.25) is 0 Å². The van der Waals surface area contributed by atoms with Crippen molar-refractivity contribution in [2.24, 2.45) is 10.9 Å². The van der Waals surface area contributed by atoms with Gasteiger partial charge < -0.3 is 15.4 Å². The number of aliphatic imine (C=N–C) groups is 1. The second-order valence-electron chi connectivity index (χ2n) is 8.03. The number of guanidine groups is 1. The SMILES string of the molecule is CN=C(NCC(C)CN1CCOCC1)NC1CCN(C2CCCC2)C1.I. The van der Waals surface area contributed by atoms with Crippen molar-refractivity contribution in [1.82, 2.24) is 20.4 Å². The summed E-state index contributed by atoms with van der Waals surface area (Å²) in [7, 11) is 1.88. The first-order valence-corrected chi connectivity index (χ1v) is 10.3. The van der Waals surface area contributed by atoms with Gasteiger partial charge in [0.05, 0.1) is 13.2 Å². The number of ether oxygens (including phenoxy) is 1. The summed E-state index contributed by atoms with van der Waals surface area (Å²) in [4.78, 5) is 9.63. The molecular weight excluding hydrogens is 441 g/mol. The number of nitrogens with zero attached hydrogens (tertiary/aromatic N) is 3. The number of nitrogens with one attached hydrogen (secondary N) is 2. The Morgan fingerprint density at radius 1 is 1.15 bits per heavy atom. The summed E-state index contributed by atoms with van der Waals surface area (Å²) < 4.78 is 5.43. The van der Waals surface area contributed by atoms with Gasteiger partial charge in [-0.1, -0.05) is 19.8 Å². The second kappa shape index (κ2) is 11.7. The molecule has 1 saturated carbocycles. The lowest BCUT2D eigenvalue weighted by Gasteiger charge is -2.29. The number of hydrogen-bond donors (Lipinski definition) is 2. The lowest BCUT2D eigenvalue weighted by molar-refractivity contribution is 0.0320. The molecule has 2 aliphatic heterocycles. The summed E-state index contributed by atoms with van der Waals surface area (Å²) in [5, 5.41) is 7.17. The van der Waals surface area contributed by atoms with Gasteiger partial charge >= 0.3 is 0 Å². The standard InChI is InChI=1S/C19H37N5O.HI/c1-16(14-23-9-11-25-12-10-23)13-21-19(20-2)22-17-7-8-24(15-17)18-5-3-4-6-18;/h16-18H,3-15H2,1-2H3,(H2,20,21,22);1H. The van der Waals surface area contributed by atoms with Crippen LogP contribution in [0.15, 0.2) is 4.99 Å². The van der Waals surface area contributed by atoms with Gasteiger partial charge in [0.1, 0.15) is 0 Å². The molecule has 3 aliphatic rings. The van der Waals surface area contributed by atoms with Gasteiger partial charge in [-0.25, -0.2) is 0 Å². The Balaban J connectivity index is 0.00000243. The van der Waals surface area contributed by atoms with Gasteiger partial charge in [-0.3, -0.25) is 14.8 Å². The minimum atomic E-state index is 0. The highest BCUT2D eigenvalue weighted by Crippen LogP contribution is 2.26. The molecule has 0 spiro atoms. The molecule has 2 atom stereocenters. The first kappa shape index (κ1) is 22.2. The van der Waals surface area contributed by atoms with Gasteiger partial charge in [0.25, 0.3) is 0 Å². The van der Waals surface area contributed by atoms with Gasteiger partial charge in [-0.2, -0.15) is 0 Å². The lowest BCUT2D eigenvalue weighted by atomic mass is 10.1. The Hall–Kier alpha value is -0.120. The molecule has 0 aromatic heterocycles. The van der Waals surface area contributed by atoms with E-state index in [2.05, 4.69) is 32.3 Å². The summed E-state index contributed by atoms with van der Waals surface area (Å²) in [6, 6.07) is 1.39. The maximum Gasteiger partial charge on any atom is 0.191 e. The molecule has 2 unspecified atom stereocenters. The van der Waals surface area contributed by atoms with E-state index in [0.717, 1.165) is 51.4 Å². The van der Waals surface area contributed by atoms with Crippen LogP contribution < -0.4 is 10.6 Å². The average Bonchev–Trinajstić information content (AvgIpc) is 3.31. The smallest absolute Gasteiger partial charge is 0.191 e. The molecule has 0 amide bonds. The summed E-state index contributed by atoms with van der Waals surface area (Å²) >= 11 is 0. The van der Waals surface area contributed by atoms with Crippen molar-refractivity contribution in [3.05, 3.63) is 0 Å². The van der Waals surface area contributed by atoms with Crippen LogP contribution in [0, 0.1) is 5.92 Å². The number of rotatable bonds is 6. The Morgan fingerprint density at radius 2 is 1.88 bits per heavy atom. The fourth-order valence-electron chi connectivity index (χ4n) is 4.45. The molecule has 2 heterocycles. The van der Waals surface area contributed by atoms with Crippen molar-refractivity contribution in [2.45, 2.75) is 51.1 Å². The van der Waals surface area contributed by atoms with Crippen LogP contribution in [-0.4, -0.2) is 87.4 Å². The minimum Gasteiger partial charge on any atom is -0.379 e. The van der Waals surface area contributed by atoms with Crippen LogP contribution in [0.2, 0.25) is 0 Å². The van der Waals surface area contributed by atoms with E-state index in [-0.39, 0.29) is 24.0 Å². The van der Waals surface area contributed by atoms with Gasteiger partial charge in [0.15, 0.2) is 5.96 Å². The third-order valence-electron chi connectivity index (χ3n) is 5.92. The van der Waals surface area contributed by atoms with E-state index in [1.165, 1.54) is 45.2 Å². The molecule has 0 bridgehead atoms. The number of morpholine rings is 1. The Morgan fingerprint density at radius 3 is 2.58 bits per heavy atom. The molecule has 2 saturated heterocycles. The Kier molecular flexibility index (Phi) is 9.94. The highest BCUT2D eigenvalue weighted by atomic mass is 127. The predicted octanol–water partition coefficient (Wildman–Crippen LogP) is 1.75. The molecule has 1 aliphatic carbocycles. The zero-order chi connectivity index (χ0) is 17.5. The van der Waals surface area contributed by atoms with E-state index >= 15 is 0 Å². The molecule has 152 valence electrons. The maximum atomic E-state index is 5.43. The van der Waals surface area contributed by atoms with E-state index < -0.39 is 0 Å². The fourth-order valence-corrected chi connectivity index (χ4v) is 4.45. The maximum absolute atomic E-state index is 5.43. The van der Waals surface area contributed by atoms with Crippen LogP contribution >= 0.6 is 24.0 Å². The molecule has 0 aromatic rings. The monoisotopic (exact) mass is 479 g/mol. The number of likely N-dealkylation sites (tertiary alicyclic amines) is 1. The van der Waals surface area contributed by atoms with E-state index in [9.17, 15) is 0 Å². The fraction of sp³-hybridized carbons (Fsp3) is 0.947. The van der Waals surface area contributed by atoms with Crippen LogP contribution in [0.25, 0.3) is 0 Å². The van der Waals surface area contributed by atoms with Gasteiger partial charge in [0, 0.05) is 58.4 Å². The van der Waals surface area contributed by atoms with Gasteiger partial charge in [-0.15, -0.1) is 24.0 Å². The van der Waals surface area contributed by atoms with Crippen LogP contribution in [0.4, 0.5) is 0 Å². The van der Waals surface area contributed by atoms with Crippen molar-refractivity contribution in [2.75, 3.05) is 59.5 Å². The number of hydrogen-bond acceptors (Lipinski definition) is 4. The first-order chi connectivity index (χ1) is 12.2. The lowest BCUT2D eigenvalue weighted by Crippen LogP contribution is -2.47. The topological polar surface area (TPSA) is 52.1 Å². The molecular formula is C19H38IN5O. The highest BCUT2D eigenvalue weighted by Gasteiger charge is 2.30. The van der Waals surface area contributed by atoms with Crippen molar-refractivity contribution < 1.29 is 4.74 Å². The van der Waals surface area contributed by atoms with Crippen molar-refractivity contribution in [1.29, 1.82) is 0 Å².